The molecule has 1 aliphatic carbocycles. The first-order chi connectivity index (χ1) is 14.3. The summed E-state index contributed by atoms with van der Waals surface area (Å²) in [5.41, 5.74) is 3.79. The van der Waals surface area contributed by atoms with Crippen LogP contribution in [0.15, 0.2) is 78.4 Å². The van der Waals surface area contributed by atoms with Gasteiger partial charge in [0, 0.05) is 24.9 Å². The number of fused-ring (bicyclic) bond motifs is 2. The smallest absolute Gasteiger partial charge is 0.293 e. The normalized spacial score (nSPS) is 25.3. The zero-order valence-corrected chi connectivity index (χ0v) is 16.3. The summed E-state index contributed by atoms with van der Waals surface area (Å²) >= 11 is 0. The van der Waals surface area contributed by atoms with E-state index in [1.54, 1.807) is 6.26 Å². The van der Waals surface area contributed by atoms with Gasteiger partial charge in [-0.3, -0.25) is 9.78 Å². The molecule has 1 saturated heterocycles. The van der Waals surface area contributed by atoms with E-state index >= 15 is 0 Å². The molecule has 0 saturated carbocycles. The van der Waals surface area contributed by atoms with Crippen LogP contribution in [0.25, 0.3) is 5.57 Å². The second-order valence-electron chi connectivity index (χ2n) is 7.92. The minimum atomic E-state index is -0.0781. The Morgan fingerprint density at radius 3 is 2.90 bits per heavy atom. The molecule has 5 heteroatoms. The van der Waals surface area contributed by atoms with Gasteiger partial charge in [-0.15, -0.1) is 0 Å². The summed E-state index contributed by atoms with van der Waals surface area (Å²) in [6.07, 6.45) is 20.8. The third-order valence-corrected chi connectivity index (χ3v) is 6.01. The lowest BCUT2D eigenvalue weighted by Gasteiger charge is -2.34. The van der Waals surface area contributed by atoms with Gasteiger partial charge in [-0.2, -0.15) is 0 Å². The Hall–Kier alpha value is -3.08. The second-order valence-corrected chi connectivity index (χ2v) is 7.92. The number of rotatable bonds is 4. The molecule has 0 radical (unpaired) electrons. The van der Waals surface area contributed by atoms with E-state index in [9.17, 15) is 4.79 Å². The van der Waals surface area contributed by atoms with Gasteiger partial charge in [0.25, 0.3) is 5.91 Å². The number of hydrogen-bond donors (Lipinski definition) is 0. The Morgan fingerprint density at radius 1 is 1.21 bits per heavy atom. The van der Waals surface area contributed by atoms with Crippen LogP contribution in [0, 0.1) is 0 Å². The fraction of sp³-hybridized carbons (Fsp3) is 0.333. The summed E-state index contributed by atoms with van der Waals surface area (Å²) in [4.78, 5) is 19.3. The van der Waals surface area contributed by atoms with Crippen LogP contribution in [0.2, 0.25) is 0 Å². The molecule has 1 amide bonds. The summed E-state index contributed by atoms with van der Waals surface area (Å²) < 4.78 is 11.4. The van der Waals surface area contributed by atoms with Crippen molar-refractivity contribution in [3.8, 4) is 0 Å². The number of carbonyl (C=O) groups is 1. The number of ether oxygens (including phenoxy) is 2. The second kappa shape index (κ2) is 7.74. The van der Waals surface area contributed by atoms with Crippen molar-refractivity contribution >= 4 is 11.5 Å². The van der Waals surface area contributed by atoms with Gasteiger partial charge in [0.05, 0.1) is 6.04 Å². The molecule has 4 heterocycles. The fourth-order valence-corrected chi connectivity index (χ4v) is 4.61. The van der Waals surface area contributed by atoms with Crippen molar-refractivity contribution in [1.82, 2.24) is 9.88 Å². The maximum absolute atomic E-state index is 13.3. The average Bonchev–Trinajstić information content (AvgIpc) is 3.04. The standard InChI is InChI=1S/C24H24N2O3/c27-24(23-16-28-15-22(29-23)12-17-4-2-1-3-5-17)26-20-6-7-21(26)14-19(13-20)18-8-10-25-11-9-18/h1-2,4,8-11,13,15-16,20-21H,3,5-7,12,14H2. The van der Waals surface area contributed by atoms with Crippen LogP contribution >= 0.6 is 0 Å². The van der Waals surface area contributed by atoms with E-state index in [1.165, 1.54) is 23.0 Å². The molecule has 0 spiro atoms. The Bertz CT molecular complexity index is 956. The maximum atomic E-state index is 13.3. The molecule has 29 heavy (non-hydrogen) atoms. The van der Waals surface area contributed by atoms with Gasteiger partial charge in [0.2, 0.25) is 5.76 Å². The maximum Gasteiger partial charge on any atom is 0.293 e. The molecule has 0 aromatic carbocycles. The number of nitrogens with zero attached hydrogens (tertiary/aromatic N) is 2. The monoisotopic (exact) mass is 388 g/mol. The molecular weight excluding hydrogens is 364 g/mol. The predicted octanol–water partition coefficient (Wildman–Crippen LogP) is 4.62. The van der Waals surface area contributed by atoms with Crippen molar-refractivity contribution in [1.29, 1.82) is 0 Å². The summed E-state index contributed by atoms with van der Waals surface area (Å²) in [5, 5.41) is 0. The van der Waals surface area contributed by atoms with Gasteiger partial charge in [-0.1, -0.05) is 29.9 Å². The number of carbonyl (C=O) groups excluding carboxylic acids is 1. The van der Waals surface area contributed by atoms with Crippen LogP contribution in [0.1, 0.15) is 44.1 Å². The lowest BCUT2D eigenvalue weighted by atomic mass is 9.95. The number of amides is 1. The van der Waals surface area contributed by atoms with Crippen molar-refractivity contribution in [2.24, 2.45) is 0 Å². The van der Waals surface area contributed by atoms with Crippen molar-refractivity contribution in [2.45, 2.75) is 50.6 Å². The van der Waals surface area contributed by atoms with Crippen molar-refractivity contribution in [2.75, 3.05) is 0 Å². The zero-order valence-electron chi connectivity index (χ0n) is 16.3. The average molecular weight is 388 g/mol. The van der Waals surface area contributed by atoms with Crippen LogP contribution < -0.4 is 0 Å². The third-order valence-electron chi connectivity index (χ3n) is 6.01. The number of allylic oxidation sites excluding steroid dienone is 4. The first-order valence-corrected chi connectivity index (χ1v) is 10.3. The first kappa shape index (κ1) is 18.0. The van der Waals surface area contributed by atoms with E-state index in [-0.39, 0.29) is 23.8 Å². The van der Waals surface area contributed by atoms with E-state index in [4.69, 9.17) is 9.47 Å². The molecule has 5 nitrogen and oxygen atoms in total. The molecule has 1 aromatic rings. The van der Waals surface area contributed by atoms with E-state index < -0.39 is 0 Å². The van der Waals surface area contributed by atoms with Crippen LogP contribution in [0.4, 0.5) is 0 Å². The van der Waals surface area contributed by atoms with Crippen LogP contribution in [-0.4, -0.2) is 27.9 Å². The van der Waals surface area contributed by atoms with Crippen molar-refractivity contribution < 1.29 is 14.3 Å². The predicted molar refractivity (Wildman–Crippen MR) is 110 cm³/mol. The Morgan fingerprint density at radius 2 is 2.10 bits per heavy atom. The van der Waals surface area contributed by atoms with Crippen LogP contribution in [0.5, 0.6) is 0 Å². The molecule has 1 fully saturated rings. The lowest BCUT2D eigenvalue weighted by Crippen LogP contribution is -2.44. The van der Waals surface area contributed by atoms with E-state index in [1.807, 2.05) is 29.4 Å². The molecule has 5 rings (SSSR count). The highest BCUT2D eigenvalue weighted by Gasteiger charge is 2.41. The molecule has 148 valence electrons. The van der Waals surface area contributed by atoms with Gasteiger partial charge in [0.15, 0.2) is 0 Å². The fourth-order valence-electron chi connectivity index (χ4n) is 4.61. The molecule has 2 unspecified atom stereocenters. The Labute approximate surface area is 170 Å². The summed E-state index contributed by atoms with van der Waals surface area (Å²) in [5.74, 6) is 0.896. The highest BCUT2D eigenvalue weighted by Crippen LogP contribution is 2.39. The summed E-state index contributed by atoms with van der Waals surface area (Å²) in [6, 6.07) is 4.38. The molecule has 0 N–H and O–H groups in total. The van der Waals surface area contributed by atoms with Crippen LogP contribution in [-0.2, 0) is 14.3 Å². The van der Waals surface area contributed by atoms with Gasteiger partial charge < -0.3 is 14.4 Å². The van der Waals surface area contributed by atoms with Gasteiger partial charge in [-0.25, -0.2) is 0 Å². The quantitative estimate of drug-likeness (QED) is 0.755. The van der Waals surface area contributed by atoms with E-state index in [0.717, 1.165) is 32.1 Å². The molecule has 4 aliphatic rings. The van der Waals surface area contributed by atoms with Gasteiger partial charge in [0.1, 0.15) is 18.3 Å². The summed E-state index contributed by atoms with van der Waals surface area (Å²) in [7, 11) is 0. The molecular formula is C24H24N2O3. The van der Waals surface area contributed by atoms with Gasteiger partial charge >= 0.3 is 0 Å². The molecule has 2 atom stereocenters. The number of aromatic nitrogens is 1. The molecule has 1 aromatic heterocycles. The van der Waals surface area contributed by atoms with Gasteiger partial charge in [-0.05, 0) is 55.4 Å². The third kappa shape index (κ3) is 3.65. The number of hydrogen-bond acceptors (Lipinski definition) is 4. The first-order valence-electron chi connectivity index (χ1n) is 10.3. The van der Waals surface area contributed by atoms with E-state index in [2.05, 4.69) is 29.3 Å². The van der Waals surface area contributed by atoms with Crippen molar-refractivity contribution in [3.63, 3.8) is 0 Å². The van der Waals surface area contributed by atoms with Crippen LogP contribution in [0.3, 0.4) is 0 Å². The number of pyridine rings is 1. The van der Waals surface area contributed by atoms with E-state index in [0.29, 0.717) is 12.2 Å². The highest BCUT2D eigenvalue weighted by atomic mass is 16.5. The highest BCUT2D eigenvalue weighted by molar-refractivity contribution is 5.93. The minimum Gasteiger partial charge on any atom is -0.465 e. The Kier molecular flexibility index (Phi) is 4.80. The largest absolute Gasteiger partial charge is 0.465 e. The lowest BCUT2D eigenvalue weighted by molar-refractivity contribution is -0.132. The SMILES string of the molecule is O=C(C1=COC=C(CC2=CC=CCC2)O1)N1C2C=C(c3ccncc3)CC1CC2. The zero-order chi connectivity index (χ0) is 19.6. The summed E-state index contributed by atoms with van der Waals surface area (Å²) in [6.45, 7) is 0. The molecule has 2 bridgehead atoms. The topological polar surface area (TPSA) is 51.7 Å². The minimum absolute atomic E-state index is 0.0781. The molecule has 3 aliphatic heterocycles. The Balaban J connectivity index is 1.29. The van der Waals surface area contributed by atoms with Crippen molar-refractivity contribution in [3.05, 3.63) is 84.0 Å².